The van der Waals surface area contributed by atoms with E-state index in [1.807, 2.05) is 0 Å². The summed E-state index contributed by atoms with van der Waals surface area (Å²) in [6, 6.07) is 0. The number of aldehydes is 1. The first-order chi connectivity index (χ1) is 7.55. The first-order valence-electron chi connectivity index (χ1n) is 6.71. The molecule has 3 aliphatic carbocycles. The van der Waals surface area contributed by atoms with Crippen LogP contribution in [0.3, 0.4) is 0 Å². The molecule has 0 aromatic carbocycles. The molecular formula is C15H22O. The lowest BCUT2D eigenvalue weighted by Gasteiger charge is -2.45. The van der Waals surface area contributed by atoms with Crippen molar-refractivity contribution in [3.8, 4) is 0 Å². The van der Waals surface area contributed by atoms with Gasteiger partial charge in [-0.3, -0.25) is 0 Å². The highest BCUT2D eigenvalue weighted by atomic mass is 16.1. The van der Waals surface area contributed by atoms with E-state index in [1.165, 1.54) is 32.0 Å². The van der Waals surface area contributed by atoms with Gasteiger partial charge >= 0.3 is 0 Å². The Morgan fingerprint density at radius 2 is 2.12 bits per heavy atom. The maximum Gasteiger partial charge on any atom is 0.126 e. The molecule has 0 aromatic heterocycles. The normalized spacial score (nSPS) is 54.7. The minimum atomic E-state index is -0.00403. The molecule has 1 nitrogen and oxygen atoms in total. The van der Waals surface area contributed by atoms with Crippen LogP contribution in [0.4, 0.5) is 0 Å². The lowest BCUT2D eigenvalue weighted by Crippen LogP contribution is -2.36. The van der Waals surface area contributed by atoms with E-state index in [4.69, 9.17) is 0 Å². The third kappa shape index (κ3) is 1.00. The first kappa shape index (κ1) is 10.6. The number of hydrogen-bond acceptors (Lipinski definition) is 1. The van der Waals surface area contributed by atoms with E-state index in [-0.39, 0.29) is 5.41 Å². The topological polar surface area (TPSA) is 17.1 Å². The van der Waals surface area contributed by atoms with Crippen LogP contribution < -0.4 is 0 Å². The van der Waals surface area contributed by atoms with Crippen molar-refractivity contribution in [2.45, 2.75) is 46.5 Å². The largest absolute Gasteiger partial charge is 0.303 e. The molecule has 1 heteroatoms. The lowest BCUT2D eigenvalue weighted by atomic mass is 9.60. The van der Waals surface area contributed by atoms with Crippen molar-refractivity contribution >= 4 is 6.29 Å². The molecule has 3 aliphatic rings. The van der Waals surface area contributed by atoms with E-state index < -0.39 is 0 Å². The number of rotatable bonds is 1. The Morgan fingerprint density at radius 1 is 1.38 bits per heavy atom. The summed E-state index contributed by atoms with van der Waals surface area (Å²) in [5, 5.41) is 0. The summed E-state index contributed by atoms with van der Waals surface area (Å²) in [5.41, 5.74) is 1.99. The summed E-state index contributed by atoms with van der Waals surface area (Å²) in [5.74, 6) is 2.06. The number of carbonyl (C=O) groups is 1. The molecule has 3 rings (SSSR count). The van der Waals surface area contributed by atoms with Gasteiger partial charge in [0.25, 0.3) is 0 Å². The summed E-state index contributed by atoms with van der Waals surface area (Å²) in [7, 11) is 0. The molecule has 0 radical (unpaired) electrons. The van der Waals surface area contributed by atoms with Gasteiger partial charge in [0, 0.05) is 5.41 Å². The number of allylic oxidation sites excluding steroid dienone is 2. The van der Waals surface area contributed by atoms with Crippen molar-refractivity contribution in [2.75, 3.05) is 0 Å². The highest BCUT2D eigenvalue weighted by molar-refractivity contribution is 5.67. The molecule has 0 aliphatic heterocycles. The third-order valence-corrected chi connectivity index (χ3v) is 6.09. The highest BCUT2D eigenvalue weighted by Crippen LogP contribution is 2.74. The molecular weight excluding hydrogens is 196 g/mol. The minimum Gasteiger partial charge on any atom is -0.303 e. The summed E-state index contributed by atoms with van der Waals surface area (Å²) in [6.45, 7) is 7.00. The molecule has 16 heavy (non-hydrogen) atoms. The van der Waals surface area contributed by atoms with Crippen molar-refractivity contribution in [3.05, 3.63) is 11.6 Å². The fraction of sp³-hybridized carbons (Fsp3) is 0.800. The predicted molar refractivity (Wildman–Crippen MR) is 65.0 cm³/mol. The zero-order chi connectivity index (χ0) is 11.6. The second-order valence-corrected chi connectivity index (χ2v) is 6.60. The summed E-state index contributed by atoms with van der Waals surface area (Å²) >= 11 is 0. The van der Waals surface area contributed by atoms with Crippen molar-refractivity contribution in [2.24, 2.45) is 28.6 Å². The van der Waals surface area contributed by atoms with E-state index in [0.717, 1.165) is 5.92 Å². The quantitative estimate of drug-likeness (QED) is 0.485. The van der Waals surface area contributed by atoms with Gasteiger partial charge in [0.05, 0.1) is 0 Å². The monoisotopic (exact) mass is 218 g/mol. The van der Waals surface area contributed by atoms with Gasteiger partial charge in [0.1, 0.15) is 6.29 Å². The lowest BCUT2D eigenvalue weighted by molar-refractivity contribution is -0.112. The predicted octanol–water partition coefficient (Wildman–Crippen LogP) is 3.59. The van der Waals surface area contributed by atoms with Gasteiger partial charge in [-0.1, -0.05) is 32.4 Å². The molecule has 1 unspecified atom stereocenters. The van der Waals surface area contributed by atoms with Crippen molar-refractivity contribution < 1.29 is 4.79 Å². The number of hydrogen-bond donors (Lipinski definition) is 0. The zero-order valence-electron chi connectivity index (χ0n) is 10.6. The van der Waals surface area contributed by atoms with Crippen molar-refractivity contribution in [3.63, 3.8) is 0 Å². The van der Waals surface area contributed by atoms with Gasteiger partial charge in [-0.05, 0) is 48.9 Å². The van der Waals surface area contributed by atoms with Crippen LogP contribution >= 0.6 is 0 Å². The van der Waals surface area contributed by atoms with Crippen molar-refractivity contribution in [1.29, 1.82) is 0 Å². The summed E-state index contributed by atoms with van der Waals surface area (Å²) in [6.07, 6.45) is 8.76. The van der Waals surface area contributed by atoms with Gasteiger partial charge in [0.2, 0.25) is 0 Å². The molecule has 0 aromatic rings. The van der Waals surface area contributed by atoms with Gasteiger partial charge in [0.15, 0.2) is 0 Å². The second-order valence-electron chi connectivity index (χ2n) is 6.60. The van der Waals surface area contributed by atoms with Crippen LogP contribution in [0.25, 0.3) is 0 Å². The molecule has 0 bridgehead atoms. The number of carbonyl (C=O) groups excluding carboxylic acids is 1. The van der Waals surface area contributed by atoms with Crippen LogP contribution in [0.5, 0.6) is 0 Å². The Balaban J connectivity index is 2.04. The maximum atomic E-state index is 11.4. The fourth-order valence-corrected chi connectivity index (χ4v) is 4.86. The molecule has 2 fully saturated rings. The Morgan fingerprint density at radius 3 is 2.81 bits per heavy atom. The van der Waals surface area contributed by atoms with Gasteiger partial charge in [-0.2, -0.15) is 0 Å². The maximum absolute atomic E-state index is 11.4. The van der Waals surface area contributed by atoms with Crippen LogP contribution in [-0.2, 0) is 4.79 Å². The standard InChI is InChI=1S/C15H22O/c1-10-5-4-6-11-7-8-12-13(15(10,11)3)14(12,2)9-16/h6,9-10,12-13H,4-5,7-8H2,1-3H3/t10-,12-,13+,14?,15+/m0/s1. The SMILES string of the molecule is C[C@H]1CCC=C2CC[C@H]3[C@H](C3(C)C=O)[C@@]21C. The third-order valence-electron chi connectivity index (χ3n) is 6.09. The molecule has 0 spiro atoms. The van der Waals surface area contributed by atoms with Gasteiger partial charge < -0.3 is 4.79 Å². The average Bonchev–Trinajstić information content (AvgIpc) is 2.89. The Bertz CT molecular complexity index is 370. The molecule has 88 valence electrons. The first-order valence-corrected chi connectivity index (χ1v) is 6.71. The Hall–Kier alpha value is -0.590. The van der Waals surface area contributed by atoms with Gasteiger partial charge in [-0.25, -0.2) is 0 Å². The van der Waals surface area contributed by atoms with Crippen LogP contribution in [-0.4, -0.2) is 6.29 Å². The fourth-order valence-electron chi connectivity index (χ4n) is 4.86. The summed E-state index contributed by atoms with van der Waals surface area (Å²) in [4.78, 5) is 11.4. The second kappa shape index (κ2) is 3.00. The minimum absolute atomic E-state index is 0.00403. The zero-order valence-corrected chi connectivity index (χ0v) is 10.6. The summed E-state index contributed by atoms with van der Waals surface area (Å²) < 4.78 is 0. The Kier molecular flexibility index (Phi) is 1.98. The highest BCUT2D eigenvalue weighted by Gasteiger charge is 2.70. The Labute approximate surface area is 98.3 Å². The molecule has 5 atom stereocenters. The van der Waals surface area contributed by atoms with Crippen LogP contribution in [0.2, 0.25) is 0 Å². The van der Waals surface area contributed by atoms with E-state index in [9.17, 15) is 4.79 Å². The molecule has 0 heterocycles. The smallest absolute Gasteiger partial charge is 0.126 e. The van der Waals surface area contributed by atoms with Crippen LogP contribution in [0.1, 0.15) is 46.5 Å². The number of fused-ring (bicyclic) bond motifs is 3. The molecule has 2 saturated carbocycles. The van der Waals surface area contributed by atoms with Gasteiger partial charge in [-0.15, -0.1) is 0 Å². The van der Waals surface area contributed by atoms with E-state index in [2.05, 4.69) is 26.8 Å². The molecule has 0 N–H and O–H groups in total. The van der Waals surface area contributed by atoms with E-state index >= 15 is 0 Å². The van der Waals surface area contributed by atoms with Crippen LogP contribution in [0.15, 0.2) is 11.6 Å². The van der Waals surface area contributed by atoms with Crippen molar-refractivity contribution in [1.82, 2.24) is 0 Å². The van der Waals surface area contributed by atoms with E-state index in [0.29, 0.717) is 17.3 Å². The molecule has 0 amide bonds. The van der Waals surface area contributed by atoms with E-state index in [1.54, 1.807) is 5.57 Å². The molecule has 0 saturated heterocycles. The van der Waals surface area contributed by atoms with Crippen LogP contribution in [0, 0.1) is 28.6 Å². The average molecular weight is 218 g/mol.